The number of pyridine rings is 4. The van der Waals surface area contributed by atoms with Crippen molar-refractivity contribution in [3.8, 4) is 11.6 Å². The largest absolute Gasteiger partial charge is 0.534 e. The van der Waals surface area contributed by atoms with Crippen LogP contribution in [-0.2, 0) is 44.1 Å². The molecule has 0 unspecified atom stereocenters. The molecule has 0 aliphatic heterocycles. The quantitative estimate of drug-likeness (QED) is 0.104. The second-order valence-corrected chi connectivity index (χ2v) is 16.8. The van der Waals surface area contributed by atoms with Gasteiger partial charge in [0.1, 0.15) is 11.3 Å². The molecule has 324 valence electrons. The van der Waals surface area contributed by atoms with E-state index in [1.807, 2.05) is 3.63 Å². The lowest BCUT2D eigenvalue weighted by Gasteiger charge is -2.10. The van der Waals surface area contributed by atoms with E-state index in [1.165, 1.54) is 12.1 Å². The number of nitrogens with zero attached hydrogens (tertiary/aromatic N) is 2. The minimum atomic E-state index is -6.85. The molecule has 6 rings (SSSR count). The number of H-pyrrole nitrogens is 4. The molecule has 19 nitrogen and oxygen atoms in total. The normalized spacial score (nSPS) is 13.5. The molecule has 6 heterocycles. The molecule has 0 saturated heterocycles. The topological polar surface area (TPSA) is 287 Å². The van der Waals surface area contributed by atoms with Crippen molar-refractivity contribution in [3.05, 3.63) is 69.6 Å². The number of nitrogens with one attached hydrogen (secondary N) is 4. The van der Waals surface area contributed by atoms with Gasteiger partial charge >= 0.3 is 62.5 Å². The molecule has 35 heteroatoms. The van der Waals surface area contributed by atoms with Gasteiger partial charge in [0.05, 0.1) is 28.0 Å². The van der Waals surface area contributed by atoms with Crippen LogP contribution in [0.3, 0.4) is 0 Å². The first-order chi connectivity index (χ1) is 26.6. The van der Waals surface area contributed by atoms with Crippen molar-refractivity contribution in [3.63, 3.8) is 0 Å². The van der Waals surface area contributed by atoms with Gasteiger partial charge in [-0.05, 0) is 0 Å². The number of hydrogen-bond acceptors (Lipinski definition) is 15. The van der Waals surface area contributed by atoms with Gasteiger partial charge in [-0.3, -0.25) is 9.59 Å². The summed E-state index contributed by atoms with van der Waals surface area (Å²) in [5, 5.41) is 0.518. The fourth-order valence-electron chi connectivity index (χ4n) is 4.07. The number of aromatic nitrogens is 6. The molecule has 0 bridgehead atoms. The average molecular weight is 949 g/mol. The van der Waals surface area contributed by atoms with Crippen molar-refractivity contribution < 1.29 is 98.4 Å². The Kier molecular flexibility index (Phi) is 11.8. The SMILES string of the molecule is O=S(=O)(OS(=O)(=O)C(F)(F)F)C(F)(F)F.O=S(=O)(Oc1cc2c(cn1)[nH]c1nccc(OS(=O)(=O)C(F)(F)F)c12)C(F)(F)F.O=c1cc2c(c[nH]1)[nH]c1[nH]ccc(=O)c12. The number of aromatic amines is 4. The third-order valence-electron chi connectivity index (χ3n) is 6.43. The van der Waals surface area contributed by atoms with Gasteiger partial charge in [-0.1, -0.05) is 0 Å². The fraction of sp³-hybridized carbons (Fsp3) is 0.167. The summed E-state index contributed by atoms with van der Waals surface area (Å²) in [7, 11) is -25.9. The molecule has 0 atom stereocenters. The number of alkyl halides is 12. The van der Waals surface area contributed by atoms with Crippen molar-refractivity contribution in [2.24, 2.45) is 0 Å². The molecule has 6 aromatic heterocycles. The van der Waals surface area contributed by atoms with E-state index in [0.29, 0.717) is 22.5 Å². The van der Waals surface area contributed by atoms with Crippen molar-refractivity contribution in [2.45, 2.75) is 22.0 Å². The molecular formula is C24H12F12N6O13S4. The highest BCUT2D eigenvalue weighted by molar-refractivity contribution is 8.00. The molecule has 0 amide bonds. The molecule has 0 aliphatic rings. The Bertz CT molecular complexity index is 3110. The van der Waals surface area contributed by atoms with Crippen LogP contribution in [0.2, 0.25) is 0 Å². The second kappa shape index (κ2) is 15.2. The lowest BCUT2D eigenvalue weighted by atomic mass is 10.2. The van der Waals surface area contributed by atoms with Gasteiger partial charge in [0.2, 0.25) is 11.4 Å². The van der Waals surface area contributed by atoms with E-state index in [-0.39, 0.29) is 27.5 Å². The van der Waals surface area contributed by atoms with Gasteiger partial charge < -0.3 is 28.3 Å². The first-order valence-electron chi connectivity index (χ1n) is 13.9. The molecule has 6 aromatic rings. The molecule has 0 aromatic carbocycles. The predicted molar refractivity (Wildman–Crippen MR) is 171 cm³/mol. The lowest BCUT2D eigenvalue weighted by Crippen LogP contribution is -2.34. The summed E-state index contributed by atoms with van der Waals surface area (Å²) in [5.74, 6) is -1.95. The minimum Gasteiger partial charge on any atom is -0.375 e. The van der Waals surface area contributed by atoms with Crippen LogP contribution in [0.5, 0.6) is 11.6 Å². The third kappa shape index (κ3) is 9.79. The molecule has 0 saturated carbocycles. The molecule has 0 radical (unpaired) electrons. The summed E-state index contributed by atoms with van der Waals surface area (Å²) in [5.41, 5.74) is -23.2. The Morgan fingerprint density at radius 3 is 1.64 bits per heavy atom. The molecule has 59 heavy (non-hydrogen) atoms. The highest BCUT2D eigenvalue weighted by atomic mass is 32.3. The maximum Gasteiger partial charge on any atom is 0.534 e. The zero-order valence-corrected chi connectivity index (χ0v) is 30.3. The maximum atomic E-state index is 12.6. The van der Waals surface area contributed by atoms with Crippen molar-refractivity contribution in [1.29, 1.82) is 0 Å². The van der Waals surface area contributed by atoms with Crippen LogP contribution in [-0.4, -0.2) is 85.6 Å². The predicted octanol–water partition coefficient (Wildman–Crippen LogP) is 3.97. The monoisotopic (exact) mass is 948 g/mol. The van der Waals surface area contributed by atoms with Crippen LogP contribution in [0.1, 0.15) is 0 Å². The van der Waals surface area contributed by atoms with Gasteiger partial charge in [0, 0.05) is 53.6 Å². The molecule has 0 aliphatic carbocycles. The van der Waals surface area contributed by atoms with E-state index in [1.54, 1.807) is 12.4 Å². The Labute approximate surface area is 315 Å². The van der Waals surface area contributed by atoms with E-state index in [4.69, 9.17) is 0 Å². The molecule has 0 spiro atoms. The maximum absolute atomic E-state index is 12.6. The Balaban J connectivity index is 0.000000215. The number of fused-ring (bicyclic) bond motifs is 6. The Hall–Kier alpha value is -5.68. The lowest BCUT2D eigenvalue weighted by molar-refractivity contribution is -0.0586. The standard InChI is InChI=1S/C12H5F6N3O6S2.C10H7N3O2.C2F6O5S2/c13-11(14,15)28(22,23)26-7-1-2-19-10-9(7)5-3-8(20-4-6(5)21-10)27-29(24,25)12(16,17)18;14-7-1-2-11-10-9(7)5-3-8(15)12-4-6(5)13-10;3-1(4,5)14(9,10)13-15(11,12)2(6,7)8/h1-4H,(H,19,21);1-4H,(H,12,15)(H2,11,13,14);. The van der Waals surface area contributed by atoms with E-state index in [0.717, 1.165) is 24.0 Å². The first-order valence-corrected chi connectivity index (χ1v) is 19.6. The van der Waals surface area contributed by atoms with Crippen molar-refractivity contribution >= 4 is 84.3 Å². The summed E-state index contributed by atoms with van der Waals surface area (Å²) < 4.78 is 238. The van der Waals surface area contributed by atoms with Crippen LogP contribution < -0.4 is 19.4 Å². The van der Waals surface area contributed by atoms with Gasteiger partial charge in [-0.15, -0.1) is 3.63 Å². The smallest absolute Gasteiger partial charge is 0.375 e. The van der Waals surface area contributed by atoms with E-state index >= 15 is 0 Å². The second-order valence-electron chi connectivity index (χ2n) is 10.4. The van der Waals surface area contributed by atoms with Crippen LogP contribution in [0, 0.1) is 0 Å². The molecule has 4 N–H and O–H groups in total. The summed E-state index contributed by atoms with van der Waals surface area (Å²) in [4.78, 5) is 40.9. The van der Waals surface area contributed by atoms with Gasteiger partial charge in [0.15, 0.2) is 11.2 Å². The van der Waals surface area contributed by atoms with Gasteiger partial charge in [0.25, 0.3) is 0 Å². The minimum absolute atomic E-state index is 0.0373. The summed E-state index contributed by atoms with van der Waals surface area (Å²) in [6, 6.07) is 4.25. The van der Waals surface area contributed by atoms with E-state index in [9.17, 15) is 95.9 Å². The van der Waals surface area contributed by atoms with Crippen LogP contribution in [0.15, 0.2) is 58.6 Å². The van der Waals surface area contributed by atoms with Crippen LogP contribution >= 0.6 is 0 Å². The number of halogens is 12. The number of hydrogen-bond donors (Lipinski definition) is 4. The number of rotatable bonds is 6. The fourth-order valence-corrected chi connectivity index (χ4v) is 6.51. The summed E-state index contributed by atoms with van der Waals surface area (Å²) in [6.45, 7) is 0. The van der Waals surface area contributed by atoms with Crippen LogP contribution in [0.25, 0.3) is 43.9 Å². The Morgan fingerprint density at radius 2 is 1.10 bits per heavy atom. The first kappa shape index (κ1) is 46.0. The summed E-state index contributed by atoms with van der Waals surface area (Å²) >= 11 is 0. The van der Waals surface area contributed by atoms with Crippen molar-refractivity contribution in [2.75, 3.05) is 0 Å². The highest BCUT2D eigenvalue weighted by Crippen LogP contribution is 2.37. The zero-order chi connectivity index (χ0) is 44.9. The highest BCUT2D eigenvalue weighted by Gasteiger charge is 2.57. The third-order valence-corrected chi connectivity index (χ3v) is 10.9. The van der Waals surface area contributed by atoms with Gasteiger partial charge in [-0.2, -0.15) is 86.4 Å². The zero-order valence-electron chi connectivity index (χ0n) is 27.0. The average Bonchev–Trinajstić information content (AvgIpc) is 3.61. The molecular weight excluding hydrogens is 937 g/mol. The Morgan fingerprint density at radius 1 is 0.576 bits per heavy atom. The van der Waals surface area contributed by atoms with Gasteiger partial charge in [-0.25, -0.2) is 9.97 Å². The van der Waals surface area contributed by atoms with E-state index < -0.39 is 79.5 Å². The van der Waals surface area contributed by atoms with E-state index in [2.05, 4.69) is 38.3 Å². The van der Waals surface area contributed by atoms with Crippen molar-refractivity contribution in [1.82, 2.24) is 29.9 Å². The summed E-state index contributed by atoms with van der Waals surface area (Å²) in [6.07, 6.45) is 4.84. The van der Waals surface area contributed by atoms with Crippen LogP contribution in [0.4, 0.5) is 52.7 Å². The molecule has 0 fully saturated rings.